The summed E-state index contributed by atoms with van der Waals surface area (Å²) in [7, 11) is 2.97. The topological polar surface area (TPSA) is 72.5 Å². The summed E-state index contributed by atoms with van der Waals surface area (Å²) in [6.07, 6.45) is 4.52. The van der Waals surface area contributed by atoms with E-state index in [1.165, 1.54) is 7.11 Å². The maximum atomic E-state index is 12.7. The van der Waals surface area contributed by atoms with Gasteiger partial charge in [0.1, 0.15) is 18.0 Å². The molecule has 31 heavy (non-hydrogen) atoms. The van der Waals surface area contributed by atoms with Crippen LogP contribution >= 0.6 is 0 Å². The third kappa shape index (κ3) is 7.31. The van der Waals surface area contributed by atoms with Gasteiger partial charge in [-0.25, -0.2) is 4.79 Å². The number of esters is 1. The lowest BCUT2D eigenvalue weighted by atomic mass is 9.97. The van der Waals surface area contributed by atoms with Crippen molar-refractivity contribution in [1.29, 1.82) is 0 Å². The number of hydrogen-bond acceptors (Lipinski definition) is 7. The van der Waals surface area contributed by atoms with Gasteiger partial charge in [-0.15, -0.1) is 0 Å². The Bertz CT molecular complexity index is 713. The van der Waals surface area contributed by atoms with Crippen LogP contribution in [0.5, 0.6) is 5.75 Å². The molecule has 7 heteroatoms. The van der Waals surface area contributed by atoms with Gasteiger partial charge in [0.25, 0.3) is 0 Å². The normalized spacial score (nSPS) is 21.0. The Hall–Kier alpha value is -1.93. The Morgan fingerprint density at radius 2 is 2.00 bits per heavy atom. The van der Waals surface area contributed by atoms with Crippen molar-refractivity contribution in [2.24, 2.45) is 0 Å². The summed E-state index contributed by atoms with van der Waals surface area (Å²) in [5.74, 6) is -0.363. The Kier molecular flexibility index (Phi) is 9.50. The van der Waals surface area contributed by atoms with Crippen LogP contribution in [0.4, 0.5) is 0 Å². The third-order valence-electron chi connectivity index (χ3n) is 5.15. The Balaban J connectivity index is 2.21. The van der Waals surface area contributed by atoms with Gasteiger partial charge in [0.05, 0.1) is 27.4 Å². The van der Waals surface area contributed by atoms with Gasteiger partial charge in [0, 0.05) is 6.61 Å². The molecule has 0 unspecified atom stereocenters. The van der Waals surface area contributed by atoms with Crippen molar-refractivity contribution in [3.63, 3.8) is 0 Å². The summed E-state index contributed by atoms with van der Waals surface area (Å²) >= 11 is 0. The molecular formula is C24H36O7. The van der Waals surface area contributed by atoms with Crippen LogP contribution in [-0.4, -0.2) is 57.0 Å². The van der Waals surface area contributed by atoms with E-state index in [0.29, 0.717) is 13.2 Å². The number of carbonyl (C=O) groups is 1. The highest BCUT2D eigenvalue weighted by Crippen LogP contribution is 2.27. The number of hydrogen-bond donors (Lipinski definition) is 0. The van der Waals surface area contributed by atoms with Gasteiger partial charge >= 0.3 is 5.97 Å². The lowest BCUT2D eigenvalue weighted by Crippen LogP contribution is -2.50. The zero-order chi connectivity index (χ0) is 22.9. The minimum Gasteiger partial charge on any atom is -0.497 e. The molecule has 174 valence electrons. The Morgan fingerprint density at radius 1 is 1.29 bits per heavy atom. The van der Waals surface area contributed by atoms with Gasteiger partial charge in [-0.3, -0.25) is 0 Å². The van der Waals surface area contributed by atoms with E-state index < -0.39 is 23.5 Å². The smallest absolute Gasteiger partial charge is 0.340 e. The highest BCUT2D eigenvalue weighted by Gasteiger charge is 2.44. The molecule has 1 aromatic rings. The molecule has 0 radical (unpaired) electrons. The fraction of sp³-hybridized carbons (Fsp3) is 0.625. The molecule has 7 nitrogen and oxygen atoms in total. The molecule has 0 spiro atoms. The average molecular weight is 437 g/mol. The fourth-order valence-corrected chi connectivity index (χ4v) is 3.23. The van der Waals surface area contributed by atoms with Crippen LogP contribution in [0.3, 0.4) is 0 Å². The predicted octanol–water partition coefficient (Wildman–Crippen LogP) is 4.04. The maximum Gasteiger partial charge on any atom is 0.340 e. The lowest BCUT2D eigenvalue weighted by molar-refractivity contribution is -0.185. The molecule has 0 N–H and O–H groups in total. The number of unbranched alkanes of at least 4 members (excludes halogenated alkanes) is 1. The minimum absolute atomic E-state index is 0.236. The van der Waals surface area contributed by atoms with Crippen molar-refractivity contribution >= 4 is 5.97 Å². The highest BCUT2D eigenvalue weighted by molar-refractivity contribution is 5.80. The molecular weight excluding hydrogens is 400 g/mol. The lowest BCUT2D eigenvalue weighted by Gasteiger charge is -2.33. The van der Waals surface area contributed by atoms with Gasteiger partial charge in [0.2, 0.25) is 0 Å². The first-order chi connectivity index (χ1) is 14.7. The summed E-state index contributed by atoms with van der Waals surface area (Å²) < 4.78 is 33.9. The first-order valence-corrected chi connectivity index (χ1v) is 10.7. The van der Waals surface area contributed by atoms with E-state index in [0.717, 1.165) is 24.2 Å². The molecule has 0 bridgehead atoms. The van der Waals surface area contributed by atoms with Crippen molar-refractivity contribution in [2.75, 3.05) is 27.4 Å². The van der Waals surface area contributed by atoms with E-state index in [1.807, 2.05) is 50.3 Å². The average Bonchev–Trinajstić information content (AvgIpc) is 3.12. The van der Waals surface area contributed by atoms with Crippen LogP contribution in [0.25, 0.3) is 0 Å². The van der Waals surface area contributed by atoms with E-state index in [9.17, 15) is 4.79 Å². The minimum atomic E-state index is -1.30. The summed E-state index contributed by atoms with van der Waals surface area (Å²) in [6, 6.07) is 7.58. The number of carbonyl (C=O) groups excluding carboxylic acids is 1. The van der Waals surface area contributed by atoms with Crippen molar-refractivity contribution < 1.29 is 33.2 Å². The molecule has 1 aromatic carbocycles. The van der Waals surface area contributed by atoms with Gasteiger partial charge in [-0.05, 0) is 44.9 Å². The number of ether oxygens (including phenoxy) is 6. The van der Waals surface area contributed by atoms with Gasteiger partial charge in [-0.2, -0.15) is 0 Å². The van der Waals surface area contributed by atoms with Crippen LogP contribution in [0, 0.1) is 0 Å². The van der Waals surface area contributed by atoms with Crippen LogP contribution < -0.4 is 4.74 Å². The van der Waals surface area contributed by atoms with Crippen molar-refractivity contribution in [3.8, 4) is 5.75 Å². The highest BCUT2D eigenvalue weighted by atomic mass is 16.7. The van der Waals surface area contributed by atoms with Gasteiger partial charge in [-0.1, -0.05) is 37.6 Å². The largest absolute Gasteiger partial charge is 0.497 e. The van der Waals surface area contributed by atoms with Crippen molar-refractivity contribution in [2.45, 2.75) is 70.7 Å². The van der Waals surface area contributed by atoms with Crippen LogP contribution in [0.15, 0.2) is 36.4 Å². The molecule has 1 heterocycles. The van der Waals surface area contributed by atoms with E-state index in [4.69, 9.17) is 28.4 Å². The van der Waals surface area contributed by atoms with Crippen LogP contribution in [0.1, 0.15) is 46.1 Å². The third-order valence-corrected chi connectivity index (χ3v) is 5.15. The second-order valence-electron chi connectivity index (χ2n) is 8.13. The molecule has 0 amide bonds. The zero-order valence-corrected chi connectivity index (χ0v) is 19.5. The second-order valence-corrected chi connectivity index (χ2v) is 8.13. The van der Waals surface area contributed by atoms with E-state index in [-0.39, 0.29) is 12.7 Å². The van der Waals surface area contributed by atoms with Gasteiger partial charge < -0.3 is 28.4 Å². The van der Waals surface area contributed by atoms with E-state index in [2.05, 4.69) is 6.92 Å². The summed E-state index contributed by atoms with van der Waals surface area (Å²) in [5, 5.41) is 0. The summed E-state index contributed by atoms with van der Waals surface area (Å²) in [6.45, 7) is 8.64. The monoisotopic (exact) mass is 436 g/mol. The molecule has 1 aliphatic heterocycles. The molecule has 3 atom stereocenters. The first kappa shape index (κ1) is 25.3. The molecule has 0 aromatic heterocycles. The SMILES string of the molecule is CCCCO[C@](C)(C(=O)OC)[C@@H](/C=C/[C@H]1COC(C)(C)O1)OCc1ccc(OC)cc1. The molecule has 2 rings (SSSR count). The van der Waals surface area contributed by atoms with Crippen LogP contribution in [-0.2, 0) is 35.1 Å². The Labute approximate surface area is 185 Å². The molecule has 0 saturated carbocycles. The standard InChI is InChI=1S/C24H36O7/c1-7-8-15-29-24(4,22(25)27-6)21(14-13-20-17-30-23(2,3)31-20)28-16-18-9-11-19(26-5)12-10-18/h9-14,20-21H,7-8,15-17H2,1-6H3/b14-13+/t20-,21+,24-/m0/s1. The molecule has 0 aliphatic carbocycles. The van der Waals surface area contributed by atoms with E-state index >= 15 is 0 Å². The number of rotatable bonds is 12. The second kappa shape index (κ2) is 11.6. The predicted molar refractivity (Wildman–Crippen MR) is 117 cm³/mol. The molecule has 1 aliphatic rings. The van der Waals surface area contributed by atoms with Crippen LogP contribution in [0.2, 0.25) is 0 Å². The number of methoxy groups -OCH3 is 2. The zero-order valence-electron chi connectivity index (χ0n) is 19.5. The molecule has 1 saturated heterocycles. The fourth-order valence-electron chi connectivity index (χ4n) is 3.23. The first-order valence-electron chi connectivity index (χ1n) is 10.7. The van der Waals surface area contributed by atoms with Gasteiger partial charge in [0.15, 0.2) is 11.4 Å². The molecule has 1 fully saturated rings. The Morgan fingerprint density at radius 3 is 2.55 bits per heavy atom. The number of benzene rings is 1. The van der Waals surface area contributed by atoms with E-state index in [1.54, 1.807) is 14.0 Å². The quantitative estimate of drug-likeness (QED) is 0.278. The maximum absolute atomic E-state index is 12.7. The van der Waals surface area contributed by atoms with Crippen molar-refractivity contribution in [1.82, 2.24) is 0 Å². The summed E-state index contributed by atoms with van der Waals surface area (Å²) in [5.41, 5.74) is -0.358. The summed E-state index contributed by atoms with van der Waals surface area (Å²) in [4.78, 5) is 12.7. The van der Waals surface area contributed by atoms with Crippen molar-refractivity contribution in [3.05, 3.63) is 42.0 Å².